The van der Waals surface area contributed by atoms with E-state index in [4.69, 9.17) is 23.2 Å². The smallest absolute Gasteiger partial charge is 0.127 e. The van der Waals surface area contributed by atoms with E-state index in [2.05, 4.69) is 5.32 Å². The van der Waals surface area contributed by atoms with Gasteiger partial charge in [0, 0.05) is 23.0 Å². The molecule has 1 aromatic rings. The minimum absolute atomic E-state index is 0.231. The molecule has 0 radical (unpaired) electrons. The van der Waals surface area contributed by atoms with Crippen LogP contribution in [0.3, 0.4) is 0 Å². The molecule has 0 aromatic heterocycles. The van der Waals surface area contributed by atoms with Crippen LogP contribution in [0.4, 0.5) is 4.39 Å². The number of halogens is 3. The Morgan fingerprint density at radius 2 is 2.20 bits per heavy atom. The predicted octanol–water partition coefficient (Wildman–Crippen LogP) is 3.44. The van der Waals surface area contributed by atoms with Gasteiger partial charge in [0.15, 0.2) is 0 Å². The maximum Gasteiger partial charge on any atom is 0.127 e. The lowest BCUT2D eigenvalue weighted by atomic mass is 10.2. The van der Waals surface area contributed by atoms with E-state index < -0.39 is 0 Å². The molecule has 0 spiro atoms. The van der Waals surface area contributed by atoms with Gasteiger partial charge in [-0.2, -0.15) is 0 Å². The molecular formula is C11H14Cl2FN. The Balaban J connectivity index is 2.46. The lowest BCUT2D eigenvalue weighted by Crippen LogP contribution is -2.22. The highest BCUT2D eigenvalue weighted by Crippen LogP contribution is 2.14. The zero-order valence-corrected chi connectivity index (χ0v) is 10.1. The van der Waals surface area contributed by atoms with E-state index in [9.17, 15) is 4.39 Å². The molecule has 1 aromatic carbocycles. The van der Waals surface area contributed by atoms with Gasteiger partial charge in [0.25, 0.3) is 0 Å². The van der Waals surface area contributed by atoms with Gasteiger partial charge in [-0.05, 0) is 30.7 Å². The van der Waals surface area contributed by atoms with Crippen molar-refractivity contribution in [3.8, 4) is 0 Å². The number of benzene rings is 1. The minimum Gasteiger partial charge on any atom is -0.312 e. The van der Waals surface area contributed by atoms with Crippen molar-refractivity contribution in [3.63, 3.8) is 0 Å². The standard InChI is InChI=1S/C11H14Cl2FN/c1-8(5-12)6-15-7-9-4-10(13)2-3-11(9)14/h2-4,8,15H,5-7H2,1H3. The summed E-state index contributed by atoms with van der Waals surface area (Å²) in [7, 11) is 0. The first-order valence-corrected chi connectivity index (χ1v) is 5.75. The third-order valence-electron chi connectivity index (χ3n) is 2.08. The SMILES string of the molecule is CC(CCl)CNCc1cc(Cl)ccc1F. The summed E-state index contributed by atoms with van der Waals surface area (Å²) >= 11 is 11.4. The summed E-state index contributed by atoms with van der Waals surface area (Å²) in [6, 6.07) is 4.56. The van der Waals surface area contributed by atoms with Crippen LogP contribution < -0.4 is 5.32 Å². The summed E-state index contributed by atoms with van der Waals surface area (Å²) in [5.74, 6) is 0.754. The van der Waals surface area contributed by atoms with Crippen molar-refractivity contribution >= 4 is 23.2 Å². The molecule has 1 unspecified atom stereocenters. The maximum absolute atomic E-state index is 13.3. The molecule has 1 N–H and O–H groups in total. The third kappa shape index (κ3) is 4.37. The number of nitrogens with one attached hydrogen (secondary N) is 1. The van der Waals surface area contributed by atoms with Crippen molar-refractivity contribution in [2.24, 2.45) is 5.92 Å². The third-order valence-corrected chi connectivity index (χ3v) is 2.84. The van der Waals surface area contributed by atoms with Crippen LogP contribution in [0.2, 0.25) is 5.02 Å². The van der Waals surface area contributed by atoms with Crippen LogP contribution in [0.1, 0.15) is 12.5 Å². The Bertz CT molecular complexity index is 317. The van der Waals surface area contributed by atoms with Crippen molar-refractivity contribution in [2.45, 2.75) is 13.5 Å². The monoisotopic (exact) mass is 249 g/mol. The van der Waals surface area contributed by atoms with Crippen molar-refractivity contribution in [3.05, 3.63) is 34.6 Å². The summed E-state index contributed by atoms with van der Waals surface area (Å²) in [6.07, 6.45) is 0. The highest BCUT2D eigenvalue weighted by molar-refractivity contribution is 6.30. The molecule has 0 saturated heterocycles. The van der Waals surface area contributed by atoms with Gasteiger partial charge >= 0.3 is 0 Å². The molecule has 0 saturated carbocycles. The first-order valence-electron chi connectivity index (χ1n) is 4.84. The molecule has 4 heteroatoms. The molecule has 1 rings (SSSR count). The molecular weight excluding hydrogens is 236 g/mol. The Kier molecular flexibility index (Phi) is 5.37. The predicted molar refractivity (Wildman–Crippen MR) is 63.0 cm³/mol. The number of rotatable bonds is 5. The number of hydrogen-bond donors (Lipinski definition) is 1. The quantitative estimate of drug-likeness (QED) is 0.789. The molecule has 84 valence electrons. The van der Waals surface area contributed by atoms with Gasteiger partial charge in [-0.3, -0.25) is 0 Å². The molecule has 0 fully saturated rings. The average molecular weight is 250 g/mol. The molecule has 0 aliphatic rings. The second-order valence-electron chi connectivity index (χ2n) is 3.63. The summed E-state index contributed by atoms with van der Waals surface area (Å²) in [5.41, 5.74) is 0.587. The van der Waals surface area contributed by atoms with Gasteiger partial charge in [-0.25, -0.2) is 4.39 Å². The molecule has 0 aliphatic carbocycles. The molecule has 0 bridgehead atoms. The second-order valence-corrected chi connectivity index (χ2v) is 4.37. The fourth-order valence-corrected chi connectivity index (χ4v) is 1.49. The van der Waals surface area contributed by atoms with Crippen LogP contribution in [-0.2, 0) is 6.54 Å². The van der Waals surface area contributed by atoms with Gasteiger partial charge in [0.05, 0.1) is 0 Å². The lowest BCUT2D eigenvalue weighted by molar-refractivity contribution is 0.538. The average Bonchev–Trinajstić information content (AvgIpc) is 2.23. The van der Waals surface area contributed by atoms with Gasteiger partial charge in [-0.15, -0.1) is 11.6 Å². The highest BCUT2D eigenvalue weighted by Gasteiger charge is 2.04. The van der Waals surface area contributed by atoms with E-state index in [1.165, 1.54) is 6.07 Å². The van der Waals surface area contributed by atoms with Crippen molar-refractivity contribution < 1.29 is 4.39 Å². The van der Waals surface area contributed by atoms with E-state index >= 15 is 0 Å². The van der Waals surface area contributed by atoms with E-state index in [1.54, 1.807) is 12.1 Å². The maximum atomic E-state index is 13.3. The van der Waals surface area contributed by atoms with E-state index in [1.807, 2.05) is 6.92 Å². The van der Waals surface area contributed by atoms with Crippen molar-refractivity contribution in [1.82, 2.24) is 5.32 Å². The van der Waals surface area contributed by atoms with Gasteiger partial charge in [-0.1, -0.05) is 18.5 Å². The van der Waals surface area contributed by atoms with Crippen LogP contribution in [0, 0.1) is 11.7 Å². The molecule has 1 atom stereocenters. The largest absolute Gasteiger partial charge is 0.312 e. The Morgan fingerprint density at radius 3 is 2.87 bits per heavy atom. The van der Waals surface area contributed by atoms with E-state index in [-0.39, 0.29) is 5.82 Å². The van der Waals surface area contributed by atoms with Crippen LogP contribution >= 0.6 is 23.2 Å². The minimum atomic E-state index is -0.231. The molecule has 0 amide bonds. The van der Waals surface area contributed by atoms with Crippen molar-refractivity contribution in [1.29, 1.82) is 0 Å². The van der Waals surface area contributed by atoms with Gasteiger partial charge < -0.3 is 5.32 Å². The zero-order chi connectivity index (χ0) is 11.3. The molecule has 0 aliphatic heterocycles. The van der Waals surface area contributed by atoms with E-state index in [0.29, 0.717) is 28.9 Å². The van der Waals surface area contributed by atoms with Gasteiger partial charge in [0.2, 0.25) is 0 Å². The van der Waals surface area contributed by atoms with Crippen LogP contribution in [0.15, 0.2) is 18.2 Å². The van der Waals surface area contributed by atoms with E-state index in [0.717, 1.165) is 6.54 Å². The fourth-order valence-electron chi connectivity index (χ4n) is 1.19. The molecule has 15 heavy (non-hydrogen) atoms. The normalized spacial score (nSPS) is 12.8. The lowest BCUT2D eigenvalue weighted by Gasteiger charge is -2.09. The molecule has 0 heterocycles. The summed E-state index contributed by atoms with van der Waals surface area (Å²) in [4.78, 5) is 0. The Morgan fingerprint density at radius 1 is 1.47 bits per heavy atom. The zero-order valence-electron chi connectivity index (χ0n) is 8.56. The number of hydrogen-bond acceptors (Lipinski definition) is 1. The van der Waals surface area contributed by atoms with Crippen LogP contribution in [-0.4, -0.2) is 12.4 Å². The summed E-state index contributed by atoms with van der Waals surface area (Å²) in [5, 5.41) is 3.69. The van der Waals surface area contributed by atoms with Gasteiger partial charge in [0.1, 0.15) is 5.82 Å². The first kappa shape index (κ1) is 12.8. The molecule has 1 nitrogen and oxygen atoms in total. The first-order chi connectivity index (χ1) is 7.13. The van der Waals surface area contributed by atoms with Crippen LogP contribution in [0.5, 0.6) is 0 Å². The second kappa shape index (κ2) is 6.31. The topological polar surface area (TPSA) is 12.0 Å². The highest BCUT2D eigenvalue weighted by atomic mass is 35.5. The number of alkyl halides is 1. The van der Waals surface area contributed by atoms with Crippen molar-refractivity contribution in [2.75, 3.05) is 12.4 Å². The Hall–Kier alpha value is -0.310. The summed E-state index contributed by atoms with van der Waals surface area (Å²) < 4.78 is 13.3. The fraction of sp³-hybridized carbons (Fsp3) is 0.455. The Labute approximate surface area is 99.6 Å². The van der Waals surface area contributed by atoms with Crippen LogP contribution in [0.25, 0.3) is 0 Å². The summed E-state index contributed by atoms with van der Waals surface area (Å²) in [6.45, 7) is 3.29.